The van der Waals surface area contributed by atoms with Gasteiger partial charge in [-0.2, -0.15) is 0 Å². The van der Waals surface area contributed by atoms with Gasteiger partial charge in [-0.3, -0.25) is 18.7 Å². The second-order valence-corrected chi connectivity index (χ2v) is 7.98. The van der Waals surface area contributed by atoms with Gasteiger partial charge in [0.2, 0.25) is 5.91 Å². The van der Waals surface area contributed by atoms with Crippen molar-refractivity contribution in [3.8, 4) is 0 Å². The quantitative estimate of drug-likeness (QED) is 0.727. The van der Waals surface area contributed by atoms with E-state index in [2.05, 4.69) is 26.1 Å². The van der Waals surface area contributed by atoms with E-state index in [1.54, 1.807) is 0 Å². The number of nitrogens with one attached hydrogen (secondary N) is 1. The fraction of sp³-hybridized carbons (Fsp3) is 0.261. The molecule has 0 atom stereocenters. The summed E-state index contributed by atoms with van der Waals surface area (Å²) in [5, 5.41) is 2.84. The summed E-state index contributed by atoms with van der Waals surface area (Å²) in [7, 11) is 0. The highest BCUT2D eigenvalue weighted by Crippen LogP contribution is 2.29. The number of benzene rings is 2. The number of hydrogen-bond donors (Lipinski definition) is 1. The lowest BCUT2D eigenvalue weighted by atomic mass is 9.86. The van der Waals surface area contributed by atoms with E-state index in [-0.39, 0.29) is 12.0 Å². The second-order valence-electron chi connectivity index (χ2n) is 7.98. The van der Waals surface area contributed by atoms with Gasteiger partial charge in [-0.25, -0.2) is 4.79 Å². The highest BCUT2D eigenvalue weighted by Gasteiger charge is 2.19. The summed E-state index contributed by atoms with van der Waals surface area (Å²) in [5.74, 6) is -0.418. The van der Waals surface area contributed by atoms with Gasteiger partial charge in [-0.05, 0) is 22.6 Å². The van der Waals surface area contributed by atoms with E-state index >= 15 is 0 Å². The molecule has 1 heterocycles. The maximum absolute atomic E-state index is 12.8. The second kappa shape index (κ2) is 8.31. The van der Waals surface area contributed by atoms with Crippen molar-refractivity contribution in [2.45, 2.75) is 39.3 Å². The van der Waals surface area contributed by atoms with Crippen LogP contribution in [-0.2, 0) is 23.3 Å². The zero-order valence-corrected chi connectivity index (χ0v) is 16.9. The van der Waals surface area contributed by atoms with Crippen LogP contribution in [0.4, 0.5) is 5.69 Å². The molecule has 1 amide bonds. The van der Waals surface area contributed by atoms with Gasteiger partial charge in [0.25, 0.3) is 5.56 Å². The van der Waals surface area contributed by atoms with E-state index < -0.39 is 17.2 Å². The Morgan fingerprint density at radius 1 is 0.931 bits per heavy atom. The first-order valence-corrected chi connectivity index (χ1v) is 9.49. The van der Waals surface area contributed by atoms with Gasteiger partial charge in [0.05, 0.1) is 6.54 Å². The molecule has 1 N–H and O–H groups in total. The minimum atomic E-state index is -0.513. The summed E-state index contributed by atoms with van der Waals surface area (Å²) in [6, 6.07) is 18.3. The number of carbonyl (C=O) groups excluding carboxylic acids is 1. The molecule has 2 aromatic carbocycles. The lowest BCUT2D eigenvalue weighted by Crippen LogP contribution is -2.42. The average molecular weight is 391 g/mol. The lowest BCUT2D eigenvalue weighted by Gasteiger charge is -2.23. The molecule has 0 aliphatic rings. The molecule has 0 radical (unpaired) electrons. The highest BCUT2D eigenvalue weighted by atomic mass is 16.2. The lowest BCUT2D eigenvalue weighted by molar-refractivity contribution is -0.116. The van der Waals surface area contributed by atoms with Crippen molar-refractivity contribution in [3.63, 3.8) is 0 Å². The number of carbonyl (C=O) groups is 1. The number of para-hydroxylation sites is 1. The first-order valence-electron chi connectivity index (χ1n) is 9.49. The molecule has 0 bridgehead atoms. The van der Waals surface area contributed by atoms with Crippen molar-refractivity contribution >= 4 is 11.6 Å². The van der Waals surface area contributed by atoms with Crippen LogP contribution in [0, 0.1) is 0 Å². The zero-order valence-electron chi connectivity index (χ0n) is 16.9. The summed E-state index contributed by atoms with van der Waals surface area (Å²) in [6.45, 7) is 6.16. The van der Waals surface area contributed by atoms with Crippen molar-refractivity contribution in [2.75, 3.05) is 5.32 Å². The van der Waals surface area contributed by atoms with Crippen LogP contribution in [0.1, 0.15) is 31.9 Å². The van der Waals surface area contributed by atoms with Crippen LogP contribution in [0.5, 0.6) is 0 Å². The fourth-order valence-electron chi connectivity index (χ4n) is 3.18. The Bertz CT molecular complexity index is 1120. The van der Waals surface area contributed by atoms with Crippen molar-refractivity contribution in [1.82, 2.24) is 9.13 Å². The molecule has 0 fully saturated rings. The monoisotopic (exact) mass is 391 g/mol. The zero-order chi connectivity index (χ0) is 21.0. The van der Waals surface area contributed by atoms with Gasteiger partial charge in [-0.15, -0.1) is 0 Å². The summed E-state index contributed by atoms with van der Waals surface area (Å²) >= 11 is 0. The molecular weight excluding hydrogens is 366 g/mol. The average Bonchev–Trinajstić information content (AvgIpc) is 2.68. The van der Waals surface area contributed by atoms with Gasteiger partial charge in [-0.1, -0.05) is 69.3 Å². The van der Waals surface area contributed by atoms with E-state index in [1.165, 1.54) is 16.8 Å². The molecular formula is C23H25N3O3. The Balaban J connectivity index is 1.84. The van der Waals surface area contributed by atoms with E-state index in [0.29, 0.717) is 12.2 Å². The van der Waals surface area contributed by atoms with Crippen molar-refractivity contribution in [1.29, 1.82) is 0 Å². The maximum Gasteiger partial charge on any atom is 0.331 e. The summed E-state index contributed by atoms with van der Waals surface area (Å²) in [6.07, 6.45) is 1.46. The minimum absolute atomic E-state index is 0.157. The summed E-state index contributed by atoms with van der Waals surface area (Å²) < 4.78 is 2.38. The van der Waals surface area contributed by atoms with E-state index in [9.17, 15) is 14.4 Å². The number of amides is 1. The third-order valence-electron chi connectivity index (χ3n) is 4.65. The van der Waals surface area contributed by atoms with Crippen LogP contribution in [0.25, 0.3) is 0 Å². The Labute approximate surface area is 169 Å². The minimum Gasteiger partial charge on any atom is -0.324 e. The van der Waals surface area contributed by atoms with Crippen LogP contribution in [0.3, 0.4) is 0 Å². The molecule has 6 heteroatoms. The first-order chi connectivity index (χ1) is 13.8. The molecule has 29 heavy (non-hydrogen) atoms. The topological polar surface area (TPSA) is 73.1 Å². The molecule has 3 rings (SSSR count). The van der Waals surface area contributed by atoms with Gasteiger partial charge in [0.15, 0.2) is 0 Å². The van der Waals surface area contributed by atoms with E-state index in [1.807, 2.05) is 54.6 Å². The number of rotatable bonds is 5. The molecule has 0 unspecified atom stereocenters. The van der Waals surface area contributed by atoms with Crippen LogP contribution >= 0.6 is 0 Å². The normalized spacial score (nSPS) is 11.3. The van der Waals surface area contributed by atoms with Gasteiger partial charge >= 0.3 is 5.69 Å². The Morgan fingerprint density at radius 3 is 2.28 bits per heavy atom. The van der Waals surface area contributed by atoms with Crippen molar-refractivity contribution < 1.29 is 4.79 Å². The van der Waals surface area contributed by atoms with Gasteiger partial charge in [0.1, 0.15) is 6.54 Å². The number of hydrogen-bond acceptors (Lipinski definition) is 3. The largest absolute Gasteiger partial charge is 0.331 e. The standard InChI is InChI=1S/C23H25N3O3/c1-23(2,3)18-11-7-8-12-19(18)24-20(27)16-26-21(28)13-14-25(22(26)29)15-17-9-5-4-6-10-17/h4-14H,15-16H2,1-3H3,(H,24,27). The SMILES string of the molecule is CC(C)(C)c1ccccc1NC(=O)Cn1c(=O)ccn(Cc2ccccc2)c1=O. The molecule has 0 saturated carbocycles. The van der Waals surface area contributed by atoms with E-state index in [0.717, 1.165) is 15.7 Å². The molecule has 1 aromatic heterocycles. The first kappa shape index (κ1) is 20.3. The molecule has 0 saturated heterocycles. The van der Waals surface area contributed by atoms with Gasteiger partial charge in [0, 0.05) is 18.0 Å². The molecule has 0 spiro atoms. The van der Waals surface area contributed by atoms with Crippen LogP contribution in [-0.4, -0.2) is 15.0 Å². The Hall–Kier alpha value is -3.41. The molecule has 0 aliphatic carbocycles. The van der Waals surface area contributed by atoms with Crippen LogP contribution < -0.4 is 16.6 Å². The number of anilines is 1. The Morgan fingerprint density at radius 2 is 1.59 bits per heavy atom. The smallest absolute Gasteiger partial charge is 0.324 e. The molecule has 6 nitrogen and oxygen atoms in total. The number of aromatic nitrogens is 2. The van der Waals surface area contributed by atoms with Crippen molar-refractivity contribution in [2.24, 2.45) is 0 Å². The summed E-state index contributed by atoms with van der Waals surface area (Å²) in [4.78, 5) is 37.6. The van der Waals surface area contributed by atoms with Crippen LogP contribution in [0.2, 0.25) is 0 Å². The predicted octanol–water partition coefficient (Wildman–Crippen LogP) is 2.99. The summed E-state index contributed by atoms with van der Waals surface area (Å²) in [5.41, 5.74) is 1.42. The van der Waals surface area contributed by atoms with Gasteiger partial charge < -0.3 is 5.32 Å². The fourth-order valence-corrected chi connectivity index (χ4v) is 3.18. The van der Waals surface area contributed by atoms with E-state index in [4.69, 9.17) is 0 Å². The third-order valence-corrected chi connectivity index (χ3v) is 4.65. The number of nitrogens with zero attached hydrogens (tertiary/aromatic N) is 2. The molecule has 150 valence electrons. The van der Waals surface area contributed by atoms with Crippen molar-refractivity contribution in [3.05, 3.63) is 98.8 Å². The predicted molar refractivity (Wildman–Crippen MR) is 114 cm³/mol. The van der Waals surface area contributed by atoms with Crippen LogP contribution in [0.15, 0.2) is 76.4 Å². The maximum atomic E-state index is 12.8. The molecule has 0 aliphatic heterocycles. The Kier molecular flexibility index (Phi) is 5.82. The third kappa shape index (κ3) is 4.90. The highest BCUT2D eigenvalue weighted by molar-refractivity contribution is 5.91. The molecule has 3 aromatic rings.